The van der Waals surface area contributed by atoms with Crippen LogP contribution in [0.5, 0.6) is 0 Å². The van der Waals surface area contributed by atoms with Crippen LogP contribution in [0.3, 0.4) is 0 Å². The van der Waals surface area contributed by atoms with E-state index in [2.05, 4.69) is 24.5 Å². The molecule has 106 valence electrons. The van der Waals surface area contributed by atoms with E-state index in [4.69, 9.17) is 4.74 Å². The van der Waals surface area contributed by atoms with Gasteiger partial charge in [0.25, 0.3) is 0 Å². The lowest BCUT2D eigenvalue weighted by molar-refractivity contribution is -0.132. The minimum Gasteiger partial charge on any atom is -0.381 e. The maximum atomic E-state index is 12.2. The molecule has 18 heavy (non-hydrogen) atoms. The second-order valence-corrected chi connectivity index (χ2v) is 5.14. The molecule has 1 atom stereocenters. The SMILES string of the molecule is CCCOCCCNC(=O)C1(CC)CCCNC1. The number of hydrogen-bond donors (Lipinski definition) is 2. The zero-order valence-electron chi connectivity index (χ0n) is 11.9. The molecule has 1 amide bonds. The quantitative estimate of drug-likeness (QED) is 0.650. The highest BCUT2D eigenvalue weighted by molar-refractivity contribution is 5.82. The van der Waals surface area contributed by atoms with Crippen LogP contribution < -0.4 is 10.6 Å². The molecule has 0 aromatic rings. The topological polar surface area (TPSA) is 50.4 Å². The van der Waals surface area contributed by atoms with Gasteiger partial charge >= 0.3 is 0 Å². The van der Waals surface area contributed by atoms with Gasteiger partial charge in [-0.1, -0.05) is 13.8 Å². The molecule has 1 rings (SSSR count). The molecule has 4 heteroatoms. The first-order valence-corrected chi connectivity index (χ1v) is 7.32. The van der Waals surface area contributed by atoms with Crippen molar-refractivity contribution in [2.75, 3.05) is 32.8 Å². The van der Waals surface area contributed by atoms with Gasteiger partial charge in [0.1, 0.15) is 0 Å². The van der Waals surface area contributed by atoms with Gasteiger partial charge in [-0.25, -0.2) is 0 Å². The molecule has 0 aromatic heterocycles. The Morgan fingerprint density at radius 2 is 2.22 bits per heavy atom. The molecule has 1 fully saturated rings. The first kappa shape index (κ1) is 15.4. The summed E-state index contributed by atoms with van der Waals surface area (Å²) >= 11 is 0. The third kappa shape index (κ3) is 4.58. The largest absolute Gasteiger partial charge is 0.381 e. The van der Waals surface area contributed by atoms with Crippen LogP contribution in [0.25, 0.3) is 0 Å². The Kier molecular flexibility index (Phi) is 7.28. The number of rotatable bonds is 8. The van der Waals surface area contributed by atoms with Crippen LogP contribution >= 0.6 is 0 Å². The average molecular weight is 256 g/mol. The molecule has 0 radical (unpaired) electrons. The third-order valence-corrected chi connectivity index (χ3v) is 3.73. The van der Waals surface area contributed by atoms with Gasteiger partial charge in [0.2, 0.25) is 5.91 Å². The second kappa shape index (κ2) is 8.48. The van der Waals surface area contributed by atoms with E-state index >= 15 is 0 Å². The Bertz CT molecular complexity index is 238. The molecule has 0 bridgehead atoms. The van der Waals surface area contributed by atoms with Gasteiger partial charge in [0.05, 0.1) is 5.41 Å². The highest BCUT2D eigenvalue weighted by Crippen LogP contribution is 2.30. The summed E-state index contributed by atoms with van der Waals surface area (Å²) in [6, 6.07) is 0. The zero-order valence-corrected chi connectivity index (χ0v) is 11.9. The number of carbonyl (C=O) groups excluding carboxylic acids is 1. The molecule has 1 unspecified atom stereocenters. The normalized spacial score (nSPS) is 23.9. The summed E-state index contributed by atoms with van der Waals surface area (Å²) in [5, 5.41) is 6.40. The predicted molar refractivity (Wildman–Crippen MR) is 73.6 cm³/mol. The zero-order chi connectivity index (χ0) is 13.3. The summed E-state index contributed by atoms with van der Waals surface area (Å²) in [6.07, 6.45) is 4.98. The smallest absolute Gasteiger partial charge is 0.227 e. The first-order chi connectivity index (χ1) is 8.75. The molecular formula is C14H28N2O2. The molecule has 1 aliphatic heterocycles. The number of ether oxygens (including phenoxy) is 1. The van der Waals surface area contributed by atoms with E-state index in [1.165, 1.54) is 0 Å². The molecule has 0 aliphatic carbocycles. The second-order valence-electron chi connectivity index (χ2n) is 5.14. The van der Waals surface area contributed by atoms with Crippen molar-refractivity contribution in [2.45, 2.75) is 46.0 Å². The highest BCUT2D eigenvalue weighted by Gasteiger charge is 2.37. The molecule has 0 saturated carbocycles. The van der Waals surface area contributed by atoms with Gasteiger partial charge in [-0.3, -0.25) is 4.79 Å². The van der Waals surface area contributed by atoms with E-state index < -0.39 is 0 Å². The van der Waals surface area contributed by atoms with Crippen molar-refractivity contribution in [3.63, 3.8) is 0 Å². The minimum atomic E-state index is -0.178. The van der Waals surface area contributed by atoms with E-state index in [9.17, 15) is 4.79 Å². The molecule has 0 aromatic carbocycles. The Balaban J connectivity index is 2.21. The third-order valence-electron chi connectivity index (χ3n) is 3.73. The summed E-state index contributed by atoms with van der Waals surface area (Å²) in [4.78, 5) is 12.2. The van der Waals surface area contributed by atoms with Crippen molar-refractivity contribution in [2.24, 2.45) is 5.41 Å². The number of carbonyl (C=O) groups is 1. The van der Waals surface area contributed by atoms with E-state index in [0.29, 0.717) is 0 Å². The van der Waals surface area contributed by atoms with E-state index in [1.54, 1.807) is 0 Å². The van der Waals surface area contributed by atoms with Gasteiger partial charge in [-0.15, -0.1) is 0 Å². The van der Waals surface area contributed by atoms with Gasteiger partial charge in [-0.2, -0.15) is 0 Å². The lowest BCUT2D eigenvalue weighted by atomic mass is 9.77. The molecule has 0 spiro atoms. The van der Waals surface area contributed by atoms with Crippen molar-refractivity contribution in [1.82, 2.24) is 10.6 Å². The number of nitrogens with one attached hydrogen (secondary N) is 2. The molecule has 1 saturated heterocycles. The molecule has 2 N–H and O–H groups in total. The van der Waals surface area contributed by atoms with Crippen LogP contribution in [0.4, 0.5) is 0 Å². The average Bonchev–Trinajstić information content (AvgIpc) is 2.43. The van der Waals surface area contributed by atoms with Gasteiger partial charge in [0.15, 0.2) is 0 Å². The number of amides is 1. The summed E-state index contributed by atoms with van der Waals surface area (Å²) < 4.78 is 5.40. The Morgan fingerprint density at radius 3 is 2.83 bits per heavy atom. The highest BCUT2D eigenvalue weighted by atomic mass is 16.5. The fraction of sp³-hybridized carbons (Fsp3) is 0.929. The van der Waals surface area contributed by atoms with Crippen molar-refractivity contribution < 1.29 is 9.53 Å². The standard InChI is InChI=1S/C14H28N2O2/c1-3-10-18-11-6-9-16-13(17)14(4-2)7-5-8-15-12-14/h15H,3-12H2,1-2H3,(H,16,17). The van der Waals surface area contributed by atoms with Crippen molar-refractivity contribution in [3.8, 4) is 0 Å². The predicted octanol–water partition coefficient (Wildman–Crippen LogP) is 1.70. The van der Waals surface area contributed by atoms with Crippen LogP contribution in [0.1, 0.15) is 46.0 Å². The molecule has 1 heterocycles. The van der Waals surface area contributed by atoms with Crippen LogP contribution in [0.2, 0.25) is 0 Å². The number of hydrogen-bond acceptors (Lipinski definition) is 3. The van der Waals surface area contributed by atoms with E-state index in [0.717, 1.165) is 65.0 Å². The van der Waals surface area contributed by atoms with Crippen LogP contribution in [-0.2, 0) is 9.53 Å². The Labute approximate surface area is 111 Å². The summed E-state index contributed by atoms with van der Waals surface area (Å²) in [5.74, 6) is 0.215. The van der Waals surface area contributed by atoms with Gasteiger partial charge < -0.3 is 15.4 Å². The Morgan fingerprint density at radius 1 is 1.39 bits per heavy atom. The molecule has 1 aliphatic rings. The van der Waals surface area contributed by atoms with Crippen LogP contribution in [0.15, 0.2) is 0 Å². The van der Waals surface area contributed by atoms with E-state index in [-0.39, 0.29) is 11.3 Å². The lowest BCUT2D eigenvalue weighted by Gasteiger charge is -2.35. The van der Waals surface area contributed by atoms with Crippen LogP contribution in [0, 0.1) is 5.41 Å². The van der Waals surface area contributed by atoms with Gasteiger partial charge in [-0.05, 0) is 38.6 Å². The van der Waals surface area contributed by atoms with Crippen molar-refractivity contribution >= 4 is 5.91 Å². The lowest BCUT2D eigenvalue weighted by Crippen LogP contribution is -2.50. The van der Waals surface area contributed by atoms with Gasteiger partial charge in [0, 0.05) is 26.3 Å². The summed E-state index contributed by atoms with van der Waals surface area (Å²) in [5.41, 5.74) is -0.178. The van der Waals surface area contributed by atoms with Crippen LogP contribution in [-0.4, -0.2) is 38.8 Å². The molecular weight excluding hydrogens is 228 g/mol. The summed E-state index contributed by atoms with van der Waals surface area (Å²) in [7, 11) is 0. The number of piperidine rings is 1. The maximum Gasteiger partial charge on any atom is 0.227 e. The van der Waals surface area contributed by atoms with Crippen molar-refractivity contribution in [1.29, 1.82) is 0 Å². The Hall–Kier alpha value is -0.610. The monoisotopic (exact) mass is 256 g/mol. The fourth-order valence-corrected chi connectivity index (χ4v) is 2.43. The van der Waals surface area contributed by atoms with Crippen molar-refractivity contribution in [3.05, 3.63) is 0 Å². The maximum absolute atomic E-state index is 12.2. The molecule has 4 nitrogen and oxygen atoms in total. The first-order valence-electron chi connectivity index (χ1n) is 7.32. The minimum absolute atomic E-state index is 0.178. The summed E-state index contributed by atoms with van der Waals surface area (Å²) in [6.45, 7) is 8.36. The fourth-order valence-electron chi connectivity index (χ4n) is 2.43. The van der Waals surface area contributed by atoms with E-state index in [1.807, 2.05) is 0 Å².